The van der Waals surface area contributed by atoms with Gasteiger partial charge in [0.25, 0.3) is 0 Å². The molecular formula is C21H36IN3O3. The Morgan fingerprint density at radius 3 is 2.50 bits per heavy atom. The Morgan fingerprint density at radius 1 is 1.18 bits per heavy atom. The zero-order valence-corrected chi connectivity index (χ0v) is 19.7. The van der Waals surface area contributed by atoms with Crippen LogP contribution in [0.25, 0.3) is 0 Å². The van der Waals surface area contributed by atoms with Crippen molar-refractivity contribution in [3.05, 3.63) is 29.8 Å². The standard InChI is InChI=1S/C21H35N3O3.HI/c1-17(18-5-7-19(25-3)8-6-18)9-13-24-21(22-2)23-12-4-14-27-20-10-15-26-16-11-20;/h5-8,17,20H,4,9-16H2,1-3H3,(H2,22,23,24);1H. The van der Waals surface area contributed by atoms with Crippen molar-refractivity contribution in [2.75, 3.05) is 47.1 Å². The van der Waals surface area contributed by atoms with Gasteiger partial charge in [-0.2, -0.15) is 0 Å². The van der Waals surface area contributed by atoms with E-state index in [1.807, 2.05) is 12.1 Å². The van der Waals surface area contributed by atoms with Crippen LogP contribution in [-0.2, 0) is 9.47 Å². The summed E-state index contributed by atoms with van der Waals surface area (Å²) in [4.78, 5) is 4.29. The molecule has 6 nitrogen and oxygen atoms in total. The van der Waals surface area contributed by atoms with Crippen LogP contribution < -0.4 is 15.4 Å². The van der Waals surface area contributed by atoms with E-state index in [9.17, 15) is 0 Å². The fourth-order valence-corrected chi connectivity index (χ4v) is 3.10. The monoisotopic (exact) mass is 505 g/mol. The highest BCUT2D eigenvalue weighted by Gasteiger charge is 2.13. The molecule has 1 aliphatic heterocycles. The van der Waals surface area contributed by atoms with Gasteiger partial charge in [-0.05, 0) is 49.3 Å². The van der Waals surface area contributed by atoms with Gasteiger partial charge in [-0.3, -0.25) is 4.99 Å². The van der Waals surface area contributed by atoms with Crippen LogP contribution in [0.5, 0.6) is 5.75 Å². The summed E-state index contributed by atoms with van der Waals surface area (Å²) in [5.41, 5.74) is 1.32. The Labute approximate surface area is 186 Å². The number of nitrogens with zero attached hydrogens (tertiary/aromatic N) is 1. The van der Waals surface area contributed by atoms with Gasteiger partial charge in [0.15, 0.2) is 5.96 Å². The minimum absolute atomic E-state index is 0. The summed E-state index contributed by atoms with van der Waals surface area (Å²) in [5, 5.41) is 6.74. The second kappa shape index (κ2) is 14.9. The van der Waals surface area contributed by atoms with Crippen LogP contribution in [0.2, 0.25) is 0 Å². The molecule has 1 fully saturated rings. The molecule has 1 saturated heterocycles. The van der Waals surface area contributed by atoms with Crippen molar-refractivity contribution in [1.82, 2.24) is 10.6 Å². The van der Waals surface area contributed by atoms with E-state index < -0.39 is 0 Å². The molecule has 2 rings (SSSR count). The maximum Gasteiger partial charge on any atom is 0.190 e. The average Bonchev–Trinajstić information content (AvgIpc) is 2.73. The molecule has 0 bridgehead atoms. The first-order chi connectivity index (χ1) is 13.2. The third-order valence-corrected chi connectivity index (χ3v) is 4.91. The molecular weight excluding hydrogens is 469 g/mol. The second-order valence-corrected chi connectivity index (χ2v) is 6.92. The first kappa shape index (κ1) is 25.0. The van der Waals surface area contributed by atoms with Crippen LogP contribution in [0.15, 0.2) is 29.3 Å². The fraction of sp³-hybridized carbons (Fsp3) is 0.667. The normalized spacial score (nSPS) is 16.2. The highest BCUT2D eigenvalue weighted by Crippen LogP contribution is 2.21. The van der Waals surface area contributed by atoms with Crippen LogP contribution in [0, 0.1) is 0 Å². The summed E-state index contributed by atoms with van der Waals surface area (Å²) in [6, 6.07) is 8.30. The van der Waals surface area contributed by atoms with Crippen LogP contribution in [-0.4, -0.2) is 59.1 Å². The number of hydrogen-bond donors (Lipinski definition) is 2. The van der Waals surface area contributed by atoms with Crippen molar-refractivity contribution >= 4 is 29.9 Å². The largest absolute Gasteiger partial charge is 0.497 e. The fourth-order valence-electron chi connectivity index (χ4n) is 3.10. The summed E-state index contributed by atoms with van der Waals surface area (Å²) in [5.74, 6) is 2.23. The average molecular weight is 505 g/mol. The van der Waals surface area contributed by atoms with E-state index >= 15 is 0 Å². The van der Waals surface area contributed by atoms with Gasteiger partial charge >= 0.3 is 0 Å². The Kier molecular flexibility index (Phi) is 13.3. The van der Waals surface area contributed by atoms with E-state index in [1.165, 1.54) is 5.56 Å². The molecule has 160 valence electrons. The molecule has 28 heavy (non-hydrogen) atoms. The van der Waals surface area contributed by atoms with Gasteiger partial charge in [-0.25, -0.2) is 0 Å². The van der Waals surface area contributed by atoms with E-state index in [1.54, 1.807) is 14.2 Å². The summed E-state index contributed by atoms with van der Waals surface area (Å²) in [6.07, 6.45) is 4.42. The Balaban J connectivity index is 0.00000392. The molecule has 1 aromatic carbocycles. The minimum atomic E-state index is 0. The quantitative estimate of drug-likeness (QED) is 0.221. The highest BCUT2D eigenvalue weighted by molar-refractivity contribution is 14.0. The van der Waals surface area contributed by atoms with Gasteiger partial charge in [0.2, 0.25) is 0 Å². The molecule has 0 spiro atoms. The molecule has 1 aliphatic rings. The third kappa shape index (κ3) is 9.43. The lowest BCUT2D eigenvalue weighted by molar-refractivity contribution is -0.0320. The van der Waals surface area contributed by atoms with E-state index in [0.29, 0.717) is 12.0 Å². The highest BCUT2D eigenvalue weighted by atomic mass is 127. The van der Waals surface area contributed by atoms with Crippen LogP contribution in [0.1, 0.15) is 44.1 Å². The number of nitrogens with one attached hydrogen (secondary N) is 2. The number of guanidine groups is 1. The molecule has 1 unspecified atom stereocenters. The first-order valence-electron chi connectivity index (χ1n) is 10.0. The third-order valence-electron chi connectivity index (χ3n) is 4.91. The van der Waals surface area contributed by atoms with Crippen molar-refractivity contribution in [2.24, 2.45) is 4.99 Å². The van der Waals surface area contributed by atoms with Crippen molar-refractivity contribution < 1.29 is 14.2 Å². The predicted octanol–water partition coefficient (Wildman–Crippen LogP) is 3.56. The molecule has 1 atom stereocenters. The van der Waals surface area contributed by atoms with Gasteiger partial charge in [0.1, 0.15) is 5.75 Å². The first-order valence-corrected chi connectivity index (χ1v) is 10.0. The van der Waals surface area contributed by atoms with Crippen LogP contribution in [0.3, 0.4) is 0 Å². The predicted molar refractivity (Wildman–Crippen MR) is 125 cm³/mol. The molecule has 0 saturated carbocycles. The molecule has 0 aromatic heterocycles. The number of methoxy groups -OCH3 is 1. The Morgan fingerprint density at radius 2 is 1.86 bits per heavy atom. The van der Waals surface area contributed by atoms with Crippen molar-refractivity contribution in [1.29, 1.82) is 0 Å². The van der Waals surface area contributed by atoms with Gasteiger partial charge in [0.05, 0.1) is 13.2 Å². The Hall–Kier alpha value is -1.06. The SMILES string of the molecule is CN=C(NCCCOC1CCOCC1)NCCC(C)c1ccc(OC)cc1.I. The molecule has 0 amide bonds. The number of ether oxygens (including phenoxy) is 3. The molecule has 7 heteroatoms. The lowest BCUT2D eigenvalue weighted by atomic mass is 9.98. The number of rotatable bonds is 10. The Bertz CT molecular complexity index is 548. The lowest BCUT2D eigenvalue weighted by Crippen LogP contribution is -2.38. The van der Waals surface area contributed by atoms with Gasteiger partial charge in [-0.1, -0.05) is 19.1 Å². The number of benzene rings is 1. The van der Waals surface area contributed by atoms with Gasteiger partial charge < -0.3 is 24.8 Å². The van der Waals surface area contributed by atoms with E-state index in [0.717, 1.165) is 70.3 Å². The summed E-state index contributed by atoms with van der Waals surface area (Å²) in [7, 11) is 3.50. The van der Waals surface area contributed by atoms with Crippen molar-refractivity contribution in [3.63, 3.8) is 0 Å². The molecule has 0 aliphatic carbocycles. The van der Waals surface area contributed by atoms with E-state index in [2.05, 4.69) is 34.7 Å². The topological polar surface area (TPSA) is 64.1 Å². The second-order valence-electron chi connectivity index (χ2n) is 6.92. The lowest BCUT2D eigenvalue weighted by Gasteiger charge is -2.22. The maximum absolute atomic E-state index is 5.89. The minimum Gasteiger partial charge on any atom is -0.497 e. The molecule has 2 N–H and O–H groups in total. The maximum atomic E-state index is 5.89. The molecule has 0 radical (unpaired) electrons. The number of halogens is 1. The molecule has 1 heterocycles. The van der Waals surface area contributed by atoms with Crippen molar-refractivity contribution in [2.45, 2.75) is 44.6 Å². The van der Waals surface area contributed by atoms with E-state index in [-0.39, 0.29) is 24.0 Å². The number of aliphatic imine (C=N–C) groups is 1. The van der Waals surface area contributed by atoms with Crippen LogP contribution >= 0.6 is 24.0 Å². The zero-order valence-electron chi connectivity index (χ0n) is 17.4. The van der Waals surface area contributed by atoms with Crippen LogP contribution in [0.4, 0.5) is 0 Å². The summed E-state index contributed by atoms with van der Waals surface area (Å²) in [6.45, 7) is 6.42. The van der Waals surface area contributed by atoms with E-state index in [4.69, 9.17) is 14.2 Å². The van der Waals surface area contributed by atoms with Gasteiger partial charge in [0, 0.05) is 40.0 Å². The zero-order chi connectivity index (χ0) is 19.3. The van der Waals surface area contributed by atoms with Gasteiger partial charge in [-0.15, -0.1) is 24.0 Å². The number of hydrogen-bond acceptors (Lipinski definition) is 4. The van der Waals surface area contributed by atoms with Crippen molar-refractivity contribution in [3.8, 4) is 5.75 Å². The summed E-state index contributed by atoms with van der Waals surface area (Å²) < 4.78 is 16.4. The molecule has 1 aromatic rings. The smallest absolute Gasteiger partial charge is 0.190 e. The summed E-state index contributed by atoms with van der Waals surface area (Å²) >= 11 is 0.